The van der Waals surface area contributed by atoms with E-state index in [1.807, 2.05) is 0 Å². The number of rotatable bonds is 6. The van der Waals surface area contributed by atoms with Crippen molar-refractivity contribution in [3.63, 3.8) is 0 Å². The first-order valence-electron chi connectivity index (χ1n) is 8.33. The Morgan fingerprint density at radius 1 is 1.07 bits per heavy atom. The van der Waals surface area contributed by atoms with Gasteiger partial charge in [-0.05, 0) is 11.6 Å². The van der Waals surface area contributed by atoms with E-state index in [4.69, 9.17) is 4.74 Å². The van der Waals surface area contributed by atoms with Crippen molar-refractivity contribution in [1.29, 1.82) is 0 Å². The second-order valence-electron chi connectivity index (χ2n) is 5.96. The first-order chi connectivity index (χ1) is 13.6. The first-order valence-corrected chi connectivity index (χ1v) is 8.33. The van der Waals surface area contributed by atoms with E-state index in [-0.39, 0.29) is 18.4 Å². The second kappa shape index (κ2) is 7.51. The van der Waals surface area contributed by atoms with E-state index in [1.165, 1.54) is 25.7 Å². The van der Waals surface area contributed by atoms with Crippen molar-refractivity contribution in [3.8, 4) is 5.88 Å². The highest BCUT2D eigenvalue weighted by Gasteiger charge is 2.12. The van der Waals surface area contributed by atoms with Gasteiger partial charge in [0.15, 0.2) is 0 Å². The van der Waals surface area contributed by atoms with Gasteiger partial charge in [0.2, 0.25) is 17.8 Å². The lowest BCUT2D eigenvalue weighted by Crippen LogP contribution is -2.08. The zero-order valence-electron chi connectivity index (χ0n) is 14.8. The van der Waals surface area contributed by atoms with E-state index in [1.54, 1.807) is 12.4 Å². The second-order valence-corrected chi connectivity index (χ2v) is 5.96. The molecule has 8 nitrogen and oxygen atoms in total. The number of hydrogen-bond acceptors (Lipinski definition) is 7. The summed E-state index contributed by atoms with van der Waals surface area (Å²) in [6.45, 7) is 0.131. The summed E-state index contributed by atoms with van der Waals surface area (Å²) in [5, 5.41) is 3.66. The van der Waals surface area contributed by atoms with Crippen molar-refractivity contribution in [2.75, 3.05) is 12.4 Å². The molecule has 0 saturated carbocycles. The summed E-state index contributed by atoms with van der Waals surface area (Å²) in [7, 11) is 1.43. The summed E-state index contributed by atoms with van der Waals surface area (Å²) in [6, 6.07) is 1.28. The van der Waals surface area contributed by atoms with Gasteiger partial charge in [-0.15, -0.1) is 0 Å². The van der Waals surface area contributed by atoms with Gasteiger partial charge in [0.25, 0.3) is 0 Å². The molecular weight excluding hydrogens is 368 g/mol. The molecule has 2 N–H and O–H groups in total. The largest absolute Gasteiger partial charge is 0.481 e. The van der Waals surface area contributed by atoms with Crippen LogP contribution >= 0.6 is 0 Å². The van der Waals surface area contributed by atoms with Crippen LogP contribution < -0.4 is 10.1 Å². The number of nitrogens with one attached hydrogen (secondary N) is 2. The Hall–Kier alpha value is -3.69. The minimum Gasteiger partial charge on any atom is -0.481 e. The molecule has 4 aromatic rings. The van der Waals surface area contributed by atoms with Gasteiger partial charge < -0.3 is 15.0 Å². The molecular formula is C18H15F2N7O. The molecule has 0 spiro atoms. The Labute approximate surface area is 158 Å². The van der Waals surface area contributed by atoms with Gasteiger partial charge in [0.1, 0.15) is 17.8 Å². The molecule has 10 heteroatoms. The van der Waals surface area contributed by atoms with Gasteiger partial charge in [0.05, 0.1) is 13.3 Å². The van der Waals surface area contributed by atoms with Crippen molar-refractivity contribution in [2.24, 2.45) is 0 Å². The summed E-state index contributed by atoms with van der Waals surface area (Å²) in [4.78, 5) is 22.9. The first kappa shape index (κ1) is 17.7. The lowest BCUT2D eigenvalue weighted by Gasteiger charge is -2.09. The highest BCUT2D eigenvalue weighted by atomic mass is 19.1. The summed E-state index contributed by atoms with van der Waals surface area (Å²) < 4.78 is 32.9. The van der Waals surface area contributed by atoms with Crippen LogP contribution in [0.5, 0.6) is 5.88 Å². The predicted octanol–water partition coefficient (Wildman–Crippen LogP) is 2.63. The number of pyridine rings is 1. The minimum absolute atomic E-state index is 0.0785. The summed E-state index contributed by atoms with van der Waals surface area (Å²) in [5.41, 5.74) is 2.33. The molecule has 4 heterocycles. The van der Waals surface area contributed by atoms with E-state index in [9.17, 15) is 8.78 Å². The lowest BCUT2D eigenvalue weighted by atomic mass is 10.1. The average molecular weight is 383 g/mol. The third kappa shape index (κ3) is 3.56. The fraction of sp³-hybridized carbons (Fsp3) is 0.167. The average Bonchev–Trinajstić information content (AvgIpc) is 3.11. The monoisotopic (exact) mass is 383 g/mol. The van der Waals surface area contributed by atoms with Crippen molar-refractivity contribution in [2.45, 2.75) is 13.0 Å². The minimum atomic E-state index is -0.645. The van der Waals surface area contributed by atoms with Crippen LogP contribution in [-0.4, -0.2) is 37.0 Å². The molecule has 0 aromatic carbocycles. The smallest absolute Gasteiger partial charge is 0.225 e. The number of nitrogens with zero attached hydrogens (tertiary/aromatic N) is 5. The van der Waals surface area contributed by atoms with Crippen LogP contribution in [0.25, 0.3) is 11.0 Å². The van der Waals surface area contributed by atoms with Gasteiger partial charge in [-0.2, -0.15) is 9.37 Å². The molecule has 0 aliphatic heterocycles. The molecule has 0 amide bonds. The van der Waals surface area contributed by atoms with Crippen LogP contribution in [0, 0.1) is 11.8 Å². The van der Waals surface area contributed by atoms with Crippen molar-refractivity contribution in [1.82, 2.24) is 29.9 Å². The topological polar surface area (TPSA) is 102 Å². The Balaban J connectivity index is 1.50. The van der Waals surface area contributed by atoms with Crippen LogP contribution in [0.15, 0.2) is 37.2 Å². The third-order valence-corrected chi connectivity index (χ3v) is 4.16. The number of anilines is 1. The van der Waals surface area contributed by atoms with Crippen molar-refractivity contribution >= 4 is 17.0 Å². The molecule has 0 bridgehead atoms. The fourth-order valence-electron chi connectivity index (χ4n) is 2.81. The summed E-state index contributed by atoms with van der Waals surface area (Å²) in [6.07, 6.45) is 7.63. The molecule has 0 radical (unpaired) electrons. The van der Waals surface area contributed by atoms with Crippen molar-refractivity contribution < 1.29 is 13.5 Å². The number of aromatic amines is 1. The highest BCUT2D eigenvalue weighted by Crippen LogP contribution is 2.20. The number of halogens is 2. The molecule has 0 unspecified atom stereocenters. The Morgan fingerprint density at radius 3 is 2.79 bits per heavy atom. The van der Waals surface area contributed by atoms with Crippen LogP contribution in [0.2, 0.25) is 0 Å². The number of aromatic nitrogens is 6. The third-order valence-electron chi connectivity index (χ3n) is 4.16. The molecule has 0 atom stereocenters. The van der Waals surface area contributed by atoms with Crippen LogP contribution in [0.3, 0.4) is 0 Å². The van der Waals surface area contributed by atoms with Gasteiger partial charge in [-0.1, -0.05) is 0 Å². The maximum atomic E-state index is 14.4. The molecule has 28 heavy (non-hydrogen) atoms. The zero-order valence-corrected chi connectivity index (χ0v) is 14.8. The van der Waals surface area contributed by atoms with Crippen LogP contribution in [0.4, 0.5) is 14.7 Å². The van der Waals surface area contributed by atoms with Gasteiger partial charge in [-0.3, -0.25) is 0 Å². The Kier molecular flexibility index (Phi) is 4.75. The fourth-order valence-corrected chi connectivity index (χ4v) is 2.81. The maximum Gasteiger partial charge on any atom is 0.225 e. The predicted molar refractivity (Wildman–Crippen MR) is 96.8 cm³/mol. The maximum absolute atomic E-state index is 14.4. The van der Waals surface area contributed by atoms with Gasteiger partial charge in [-0.25, -0.2) is 24.3 Å². The summed E-state index contributed by atoms with van der Waals surface area (Å²) in [5.74, 6) is -0.793. The van der Waals surface area contributed by atoms with E-state index in [0.29, 0.717) is 23.2 Å². The van der Waals surface area contributed by atoms with E-state index >= 15 is 0 Å². The number of fused-ring (bicyclic) bond motifs is 1. The van der Waals surface area contributed by atoms with Gasteiger partial charge >= 0.3 is 0 Å². The number of methoxy groups -OCH3 is 1. The SMILES string of the molecule is COc1ncc(F)cc1CNc1ncc(Cc2c[nH]c3ncncc23)c(F)n1. The molecule has 142 valence electrons. The lowest BCUT2D eigenvalue weighted by molar-refractivity contribution is 0.390. The Bertz CT molecular complexity index is 1130. The summed E-state index contributed by atoms with van der Waals surface area (Å²) >= 11 is 0. The Morgan fingerprint density at radius 2 is 1.96 bits per heavy atom. The zero-order chi connectivity index (χ0) is 19.5. The molecule has 0 aliphatic carbocycles. The number of ether oxygens (including phenoxy) is 1. The molecule has 4 aromatic heterocycles. The normalized spacial score (nSPS) is 11.0. The van der Waals surface area contributed by atoms with Crippen LogP contribution in [0.1, 0.15) is 16.7 Å². The standard InChI is InChI=1S/C18H15F2N7O/c1-28-17-12(3-13(19)7-23-17)6-25-18-24-5-11(15(20)27-18)2-10-4-22-16-14(10)8-21-9-26-16/h3-5,7-9H,2,6H2,1H3,(H,21,22,26)(H,24,25,27). The molecule has 0 fully saturated rings. The molecule has 0 aliphatic rings. The van der Waals surface area contributed by atoms with Gasteiger partial charge in [0, 0.05) is 48.1 Å². The molecule has 0 saturated heterocycles. The van der Waals surface area contributed by atoms with E-state index in [0.717, 1.165) is 17.1 Å². The number of hydrogen-bond donors (Lipinski definition) is 2. The van der Waals surface area contributed by atoms with Crippen molar-refractivity contribution in [3.05, 3.63) is 65.6 Å². The quantitative estimate of drug-likeness (QED) is 0.494. The van der Waals surface area contributed by atoms with Crippen LogP contribution in [-0.2, 0) is 13.0 Å². The van der Waals surface area contributed by atoms with E-state index in [2.05, 4.69) is 35.2 Å². The molecule has 4 rings (SSSR count). The highest BCUT2D eigenvalue weighted by molar-refractivity contribution is 5.78. The van der Waals surface area contributed by atoms with E-state index < -0.39 is 11.8 Å². The number of H-pyrrole nitrogens is 1.